The predicted octanol–water partition coefficient (Wildman–Crippen LogP) is 6.75. The van der Waals surface area contributed by atoms with Crippen LogP contribution < -0.4 is 0 Å². The fourth-order valence-corrected chi connectivity index (χ4v) is 6.25. The third-order valence-electron chi connectivity index (χ3n) is 6.71. The molecule has 0 spiro atoms. The largest absolute Gasteiger partial charge is 0.489 e. The van der Waals surface area contributed by atoms with Gasteiger partial charge in [-0.25, -0.2) is 4.79 Å². The van der Waals surface area contributed by atoms with Gasteiger partial charge in [-0.05, 0) is 94.6 Å². The molecule has 6 nitrogen and oxygen atoms in total. The van der Waals surface area contributed by atoms with Crippen LogP contribution in [-0.4, -0.2) is 47.9 Å². The number of carbonyl (C=O) groups excluding carboxylic acids is 1. The van der Waals surface area contributed by atoms with Gasteiger partial charge in [0.1, 0.15) is 16.4 Å². The van der Waals surface area contributed by atoms with Crippen molar-refractivity contribution in [2.75, 3.05) is 14.1 Å². The van der Waals surface area contributed by atoms with Gasteiger partial charge in [0.15, 0.2) is 0 Å². The van der Waals surface area contributed by atoms with Gasteiger partial charge in [-0.2, -0.15) is 5.26 Å². The first kappa shape index (κ1) is 26.4. The Kier molecular flexibility index (Phi) is 8.57. The van der Waals surface area contributed by atoms with Crippen LogP contribution in [0.1, 0.15) is 79.1 Å². The molecule has 1 heterocycles. The minimum absolute atomic E-state index is 0.0780. The Bertz CT molecular complexity index is 943. The summed E-state index contributed by atoms with van der Waals surface area (Å²) >= 11 is 1.76. The molecule has 1 saturated carbocycles. The zero-order valence-electron chi connectivity index (χ0n) is 21.6. The van der Waals surface area contributed by atoms with Crippen molar-refractivity contribution >= 4 is 22.9 Å². The predicted molar refractivity (Wildman–Crippen MR) is 139 cm³/mol. The van der Waals surface area contributed by atoms with Crippen molar-refractivity contribution in [2.24, 2.45) is 10.9 Å². The van der Waals surface area contributed by atoms with Crippen molar-refractivity contribution in [1.82, 2.24) is 4.90 Å². The molecule has 1 aliphatic heterocycles. The molecule has 0 bridgehead atoms. The third kappa shape index (κ3) is 6.07. The molecule has 3 aliphatic rings. The fraction of sp³-hybridized carbons (Fsp3) is 0.667. The number of amides is 1. The fourth-order valence-electron chi connectivity index (χ4n) is 5.02. The first-order valence-corrected chi connectivity index (χ1v) is 13.1. The maximum Gasteiger partial charge on any atom is 0.410 e. The van der Waals surface area contributed by atoms with Gasteiger partial charge >= 0.3 is 6.09 Å². The van der Waals surface area contributed by atoms with E-state index in [0.717, 1.165) is 66.9 Å². The Labute approximate surface area is 209 Å². The van der Waals surface area contributed by atoms with E-state index < -0.39 is 5.60 Å². The first-order valence-electron chi connectivity index (χ1n) is 12.3. The highest BCUT2D eigenvalue weighted by atomic mass is 32.2. The number of aliphatic imine (C=N–C) groups is 1. The topological polar surface area (TPSA) is 74.9 Å². The van der Waals surface area contributed by atoms with E-state index in [9.17, 15) is 4.79 Å². The van der Waals surface area contributed by atoms with Crippen LogP contribution in [-0.2, 0) is 9.47 Å². The van der Waals surface area contributed by atoms with Crippen molar-refractivity contribution in [3.63, 3.8) is 0 Å². The summed E-state index contributed by atoms with van der Waals surface area (Å²) in [6.45, 7) is 11.9. The van der Waals surface area contributed by atoms with E-state index in [1.54, 1.807) is 16.7 Å². The molecule has 2 aliphatic carbocycles. The molecule has 186 valence electrons. The van der Waals surface area contributed by atoms with Gasteiger partial charge < -0.3 is 14.4 Å². The molecule has 34 heavy (non-hydrogen) atoms. The normalized spacial score (nSPS) is 27.3. The number of nitrogens with zero attached hydrogens (tertiary/aromatic N) is 3. The van der Waals surface area contributed by atoms with Gasteiger partial charge in [0.05, 0.1) is 17.7 Å². The van der Waals surface area contributed by atoms with Gasteiger partial charge in [-0.15, -0.1) is 0 Å². The van der Waals surface area contributed by atoms with E-state index >= 15 is 0 Å². The van der Waals surface area contributed by atoms with Gasteiger partial charge in [-0.1, -0.05) is 18.3 Å². The van der Waals surface area contributed by atoms with Gasteiger partial charge in [-0.3, -0.25) is 4.99 Å². The van der Waals surface area contributed by atoms with Crippen molar-refractivity contribution in [3.8, 4) is 6.07 Å². The summed E-state index contributed by atoms with van der Waals surface area (Å²) in [6, 6.07) is 2.46. The van der Waals surface area contributed by atoms with E-state index in [4.69, 9.17) is 14.7 Å². The molecule has 1 fully saturated rings. The number of rotatable bonds is 6. The Balaban J connectivity index is 1.74. The average Bonchev–Trinajstić information content (AvgIpc) is 3.33. The van der Waals surface area contributed by atoms with E-state index in [1.807, 2.05) is 41.8 Å². The number of hydrogen-bond acceptors (Lipinski definition) is 6. The second kappa shape index (κ2) is 11.0. The van der Waals surface area contributed by atoms with Crippen LogP contribution in [0.15, 0.2) is 39.0 Å². The maximum atomic E-state index is 12.5. The second-order valence-corrected chi connectivity index (χ2v) is 11.6. The van der Waals surface area contributed by atoms with E-state index in [-0.39, 0.29) is 18.2 Å². The maximum absolute atomic E-state index is 12.5. The van der Waals surface area contributed by atoms with Gasteiger partial charge in [0.25, 0.3) is 0 Å². The first-order chi connectivity index (χ1) is 16.1. The van der Waals surface area contributed by atoms with Crippen LogP contribution in [0.3, 0.4) is 0 Å². The molecule has 0 saturated heterocycles. The summed E-state index contributed by atoms with van der Waals surface area (Å²) in [6.07, 6.45) is 6.89. The lowest BCUT2D eigenvalue weighted by atomic mass is 9.89. The van der Waals surface area contributed by atoms with Crippen LogP contribution in [0.2, 0.25) is 0 Å². The Morgan fingerprint density at radius 1 is 1.26 bits per heavy atom. The molecule has 0 aromatic rings. The lowest BCUT2D eigenvalue weighted by Crippen LogP contribution is -2.43. The number of hydrogen-bond donors (Lipinski definition) is 0. The molecule has 0 aromatic heterocycles. The minimum Gasteiger partial charge on any atom is -0.489 e. The monoisotopic (exact) mass is 485 g/mol. The van der Waals surface area contributed by atoms with E-state index in [1.165, 1.54) is 10.5 Å². The Morgan fingerprint density at radius 2 is 1.94 bits per heavy atom. The summed E-state index contributed by atoms with van der Waals surface area (Å²) in [4.78, 5) is 20.2. The third-order valence-corrected chi connectivity index (χ3v) is 7.96. The molecule has 1 atom stereocenters. The number of allylic oxidation sites excluding steroid dienone is 3. The number of thioether (sulfide) groups is 1. The highest BCUT2D eigenvalue weighted by Crippen LogP contribution is 2.53. The standard InChI is InChI=1S/C27H39N3O3S/c1-17(2)24(23-22-18(9-8-16-28)10-15-21(22)34-25(23)29-6)32-20-13-11-19(12-14-20)30(7)26(31)33-27(3,4)5/h18-20H,1,8-15H2,2-7H3/b24-23+,29-25?/t18-,19?,20?/m0/s1. The summed E-state index contributed by atoms with van der Waals surface area (Å²) in [5.74, 6) is 1.23. The minimum atomic E-state index is -0.495. The molecule has 1 amide bonds. The molecular weight excluding hydrogens is 446 g/mol. The van der Waals surface area contributed by atoms with E-state index in [2.05, 4.69) is 17.6 Å². The van der Waals surface area contributed by atoms with Gasteiger partial charge in [0.2, 0.25) is 0 Å². The van der Waals surface area contributed by atoms with Gasteiger partial charge in [0, 0.05) is 26.6 Å². The molecule has 3 rings (SSSR count). The van der Waals surface area contributed by atoms with Crippen LogP contribution in [0, 0.1) is 17.2 Å². The molecule has 0 unspecified atom stereocenters. The van der Waals surface area contributed by atoms with Crippen molar-refractivity contribution in [3.05, 3.63) is 34.0 Å². The number of carbonyl (C=O) groups is 1. The molecule has 0 aromatic carbocycles. The summed E-state index contributed by atoms with van der Waals surface area (Å²) in [5, 5.41) is 10.1. The Morgan fingerprint density at radius 3 is 2.50 bits per heavy atom. The van der Waals surface area contributed by atoms with Crippen LogP contribution in [0.25, 0.3) is 0 Å². The van der Waals surface area contributed by atoms with Crippen molar-refractivity contribution in [2.45, 2.75) is 96.8 Å². The Hall–Kier alpha value is -2.20. The lowest BCUT2D eigenvalue weighted by Gasteiger charge is -2.36. The lowest BCUT2D eigenvalue weighted by molar-refractivity contribution is 0.00901. The second-order valence-electron chi connectivity index (χ2n) is 10.5. The van der Waals surface area contributed by atoms with Crippen molar-refractivity contribution in [1.29, 1.82) is 5.26 Å². The van der Waals surface area contributed by atoms with Crippen LogP contribution in [0.4, 0.5) is 4.79 Å². The van der Waals surface area contributed by atoms with E-state index in [0.29, 0.717) is 12.3 Å². The molecule has 0 radical (unpaired) electrons. The summed E-state index contributed by atoms with van der Waals surface area (Å²) in [5.41, 5.74) is 2.84. The zero-order chi connectivity index (χ0) is 25.0. The average molecular weight is 486 g/mol. The summed E-state index contributed by atoms with van der Waals surface area (Å²) in [7, 11) is 3.67. The summed E-state index contributed by atoms with van der Waals surface area (Å²) < 4.78 is 12.2. The highest BCUT2D eigenvalue weighted by Gasteiger charge is 2.39. The van der Waals surface area contributed by atoms with Crippen LogP contribution >= 0.6 is 11.8 Å². The SMILES string of the molecule is C=C(C)/C(OC1CCC(N(C)C(=O)OC(C)(C)C)CC1)=C1\C(=NC)SC2=C1[C@@H](CCC#N)CC2. The smallest absolute Gasteiger partial charge is 0.410 e. The zero-order valence-corrected chi connectivity index (χ0v) is 22.4. The number of ether oxygens (including phenoxy) is 2. The quantitative estimate of drug-likeness (QED) is 0.389. The van der Waals surface area contributed by atoms with Crippen molar-refractivity contribution < 1.29 is 14.3 Å². The molecule has 7 heteroatoms. The van der Waals surface area contributed by atoms with Crippen LogP contribution in [0.5, 0.6) is 0 Å². The molecule has 0 N–H and O–H groups in total. The highest BCUT2D eigenvalue weighted by molar-refractivity contribution is 8.18. The number of nitriles is 1. The molecular formula is C27H39N3O3S.